The van der Waals surface area contributed by atoms with Crippen molar-refractivity contribution in [1.29, 1.82) is 0 Å². The van der Waals surface area contributed by atoms with Crippen LogP contribution in [0.1, 0.15) is 32.3 Å². The predicted octanol–water partition coefficient (Wildman–Crippen LogP) is 2.73. The lowest BCUT2D eigenvalue weighted by Gasteiger charge is -2.51. The Kier molecular flexibility index (Phi) is 3.93. The van der Waals surface area contributed by atoms with E-state index >= 15 is 0 Å². The van der Waals surface area contributed by atoms with E-state index in [9.17, 15) is 0 Å². The normalized spacial score (nSPS) is 30.9. The first-order valence-electron chi connectivity index (χ1n) is 6.60. The number of nitrogens with two attached hydrogens (primary N) is 1. The fourth-order valence-electron chi connectivity index (χ4n) is 2.55. The summed E-state index contributed by atoms with van der Waals surface area (Å²) in [5.74, 6) is 0.875. The van der Waals surface area contributed by atoms with Gasteiger partial charge >= 0.3 is 0 Å². The number of ether oxygens (including phenoxy) is 2. The van der Waals surface area contributed by atoms with Gasteiger partial charge in [0.15, 0.2) is 0 Å². The van der Waals surface area contributed by atoms with E-state index in [0.29, 0.717) is 6.61 Å². The minimum Gasteiger partial charge on any atom is -0.497 e. The van der Waals surface area contributed by atoms with Gasteiger partial charge in [-0.1, -0.05) is 26.0 Å². The van der Waals surface area contributed by atoms with E-state index in [1.807, 2.05) is 18.2 Å². The zero-order valence-corrected chi connectivity index (χ0v) is 11.5. The van der Waals surface area contributed by atoms with Crippen LogP contribution in [0.4, 0.5) is 0 Å². The van der Waals surface area contributed by atoms with E-state index in [1.54, 1.807) is 7.11 Å². The van der Waals surface area contributed by atoms with Crippen molar-refractivity contribution in [3.8, 4) is 5.75 Å². The van der Waals surface area contributed by atoms with Gasteiger partial charge < -0.3 is 15.2 Å². The molecule has 0 bridgehead atoms. The van der Waals surface area contributed by atoms with Crippen molar-refractivity contribution in [2.24, 2.45) is 11.1 Å². The van der Waals surface area contributed by atoms with Gasteiger partial charge in [-0.05, 0) is 30.5 Å². The van der Waals surface area contributed by atoms with Gasteiger partial charge in [0.25, 0.3) is 0 Å². The topological polar surface area (TPSA) is 44.5 Å². The fraction of sp³-hybridized carbons (Fsp3) is 0.600. The van der Waals surface area contributed by atoms with Crippen LogP contribution in [-0.2, 0) is 11.3 Å². The molecule has 0 aromatic heterocycles. The van der Waals surface area contributed by atoms with Crippen molar-refractivity contribution >= 4 is 0 Å². The summed E-state index contributed by atoms with van der Waals surface area (Å²) < 4.78 is 11.2. The van der Waals surface area contributed by atoms with Gasteiger partial charge in [-0.25, -0.2) is 0 Å². The Balaban J connectivity index is 1.92. The largest absolute Gasteiger partial charge is 0.497 e. The van der Waals surface area contributed by atoms with E-state index in [2.05, 4.69) is 19.9 Å². The van der Waals surface area contributed by atoms with Gasteiger partial charge in [-0.2, -0.15) is 0 Å². The van der Waals surface area contributed by atoms with E-state index in [1.165, 1.54) is 0 Å². The smallest absolute Gasteiger partial charge is 0.119 e. The highest BCUT2D eigenvalue weighted by Gasteiger charge is 2.49. The molecule has 1 fully saturated rings. The second kappa shape index (κ2) is 5.29. The molecule has 1 aromatic rings. The number of benzene rings is 1. The molecular formula is C15H23NO2. The van der Waals surface area contributed by atoms with E-state index in [0.717, 1.165) is 24.2 Å². The van der Waals surface area contributed by atoms with Crippen LogP contribution in [0.3, 0.4) is 0 Å². The highest BCUT2D eigenvalue weighted by molar-refractivity contribution is 5.27. The average Bonchev–Trinajstić information content (AvgIpc) is 2.42. The second-order valence-corrected chi connectivity index (χ2v) is 5.35. The first kappa shape index (κ1) is 13.4. The second-order valence-electron chi connectivity index (χ2n) is 5.35. The standard InChI is InChI=1S/C15H23NO2/c1-4-15(2)13(16)9-14(15)18-10-11-6-5-7-12(8-11)17-3/h5-8,13-14H,4,9-10,16H2,1-3H3. The molecule has 1 aromatic carbocycles. The van der Waals surface area contributed by atoms with Crippen LogP contribution in [0.2, 0.25) is 0 Å². The molecule has 3 heteroatoms. The maximum absolute atomic E-state index is 6.07. The predicted molar refractivity (Wildman–Crippen MR) is 72.6 cm³/mol. The maximum atomic E-state index is 6.07. The molecule has 0 aliphatic heterocycles. The SMILES string of the molecule is CCC1(C)C(N)CC1OCc1cccc(OC)c1. The zero-order chi connectivity index (χ0) is 13.2. The molecule has 3 unspecified atom stereocenters. The summed E-state index contributed by atoms with van der Waals surface area (Å²) >= 11 is 0. The van der Waals surface area contributed by atoms with Crippen molar-refractivity contribution in [3.63, 3.8) is 0 Å². The van der Waals surface area contributed by atoms with Crippen LogP contribution < -0.4 is 10.5 Å². The molecule has 0 heterocycles. The number of hydrogen-bond acceptors (Lipinski definition) is 3. The molecule has 0 saturated heterocycles. The molecule has 1 aliphatic carbocycles. The highest BCUT2D eigenvalue weighted by Crippen LogP contribution is 2.44. The first-order chi connectivity index (χ1) is 8.60. The average molecular weight is 249 g/mol. The van der Waals surface area contributed by atoms with E-state index < -0.39 is 0 Å². The Morgan fingerprint density at radius 1 is 1.44 bits per heavy atom. The molecule has 0 radical (unpaired) electrons. The molecule has 1 saturated carbocycles. The summed E-state index contributed by atoms with van der Waals surface area (Å²) in [6.07, 6.45) is 2.31. The van der Waals surface area contributed by atoms with Crippen LogP contribution >= 0.6 is 0 Å². The Labute approximate surface area is 109 Å². The summed E-state index contributed by atoms with van der Waals surface area (Å²) in [7, 11) is 1.68. The molecule has 0 spiro atoms. The summed E-state index contributed by atoms with van der Waals surface area (Å²) in [5, 5.41) is 0. The van der Waals surface area contributed by atoms with Crippen LogP contribution in [0.25, 0.3) is 0 Å². The monoisotopic (exact) mass is 249 g/mol. The Hall–Kier alpha value is -1.06. The van der Waals surface area contributed by atoms with E-state index in [-0.39, 0.29) is 17.6 Å². The third-order valence-electron chi connectivity index (χ3n) is 4.40. The minimum absolute atomic E-state index is 0.138. The Morgan fingerprint density at radius 3 is 2.83 bits per heavy atom. The lowest BCUT2D eigenvalue weighted by Crippen LogP contribution is -2.60. The van der Waals surface area contributed by atoms with Crippen molar-refractivity contribution in [2.45, 2.75) is 45.4 Å². The van der Waals surface area contributed by atoms with Gasteiger partial charge in [0.2, 0.25) is 0 Å². The van der Waals surface area contributed by atoms with Crippen molar-refractivity contribution in [1.82, 2.24) is 0 Å². The summed E-state index contributed by atoms with van der Waals surface area (Å²) in [5.41, 5.74) is 7.36. The molecule has 3 atom stereocenters. The summed E-state index contributed by atoms with van der Waals surface area (Å²) in [4.78, 5) is 0. The fourth-order valence-corrected chi connectivity index (χ4v) is 2.55. The van der Waals surface area contributed by atoms with Crippen molar-refractivity contribution < 1.29 is 9.47 Å². The Morgan fingerprint density at radius 2 is 2.22 bits per heavy atom. The quantitative estimate of drug-likeness (QED) is 0.872. The zero-order valence-electron chi connectivity index (χ0n) is 11.5. The summed E-state index contributed by atoms with van der Waals surface area (Å²) in [6.45, 7) is 5.03. The van der Waals surface area contributed by atoms with Crippen LogP contribution in [0.15, 0.2) is 24.3 Å². The third kappa shape index (κ3) is 2.38. The molecule has 0 amide bonds. The van der Waals surface area contributed by atoms with Gasteiger partial charge in [-0.3, -0.25) is 0 Å². The van der Waals surface area contributed by atoms with Gasteiger partial charge in [0, 0.05) is 11.5 Å². The van der Waals surface area contributed by atoms with Gasteiger partial charge in [-0.15, -0.1) is 0 Å². The van der Waals surface area contributed by atoms with Crippen LogP contribution in [-0.4, -0.2) is 19.3 Å². The van der Waals surface area contributed by atoms with Gasteiger partial charge in [0.05, 0.1) is 19.8 Å². The van der Waals surface area contributed by atoms with Crippen molar-refractivity contribution in [3.05, 3.63) is 29.8 Å². The maximum Gasteiger partial charge on any atom is 0.119 e. The molecule has 1 aliphatic rings. The third-order valence-corrected chi connectivity index (χ3v) is 4.40. The molecule has 3 nitrogen and oxygen atoms in total. The molecule has 2 N–H and O–H groups in total. The molecular weight excluding hydrogens is 226 g/mol. The summed E-state index contributed by atoms with van der Waals surface area (Å²) in [6, 6.07) is 8.28. The van der Waals surface area contributed by atoms with Crippen molar-refractivity contribution in [2.75, 3.05) is 7.11 Å². The number of methoxy groups -OCH3 is 1. The van der Waals surface area contributed by atoms with Gasteiger partial charge in [0.1, 0.15) is 5.75 Å². The molecule has 18 heavy (non-hydrogen) atoms. The Bertz CT molecular complexity index is 407. The van der Waals surface area contributed by atoms with Crippen LogP contribution in [0.5, 0.6) is 5.75 Å². The lowest BCUT2D eigenvalue weighted by molar-refractivity contribution is -0.126. The van der Waals surface area contributed by atoms with E-state index in [4.69, 9.17) is 15.2 Å². The number of hydrogen-bond donors (Lipinski definition) is 1. The minimum atomic E-state index is 0.138. The van der Waals surface area contributed by atoms with Crippen LogP contribution in [0, 0.1) is 5.41 Å². The number of rotatable bonds is 5. The molecule has 2 rings (SSSR count). The lowest BCUT2D eigenvalue weighted by atomic mass is 9.62. The highest BCUT2D eigenvalue weighted by atomic mass is 16.5. The first-order valence-corrected chi connectivity index (χ1v) is 6.60. The molecule has 100 valence electrons.